The van der Waals surface area contributed by atoms with Gasteiger partial charge in [0.1, 0.15) is 5.82 Å². The number of anilines is 1. The van der Waals surface area contributed by atoms with Gasteiger partial charge in [0.25, 0.3) is 0 Å². The van der Waals surface area contributed by atoms with Crippen LogP contribution in [0.1, 0.15) is 16.8 Å². The molecule has 0 radical (unpaired) electrons. The van der Waals surface area contributed by atoms with E-state index in [1.807, 2.05) is 0 Å². The number of ketones is 1. The van der Waals surface area contributed by atoms with Crippen LogP contribution in [0.15, 0.2) is 30.0 Å². The van der Waals surface area contributed by atoms with E-state index in [9.17, 15) is 14.0 Å². The molecule has 0 aliphatic carbocycles. The highest BCUT2D eigenvalue weighted by Gasteiger charge is 2.24. The molecule has 0 atom stereocenters. The van der Waals surface area contributed by atoms with E-state index in [0.29, 0.717) is 11.3 Å². The molecule has 1 amide bonds. The van der Waals surface area contributed by atoms with Gasteiger partial charge in [-0.1, -0.05) is 0 Å². The molecular formula is C13H13FN2O2. The molecule has 1 aromatic rings. The van der Waals surface area contributed by atoms with Crippen LogP contribution in [0.5, 0.6) is 0 Å². The van der Waals surface area contributed by atoms with Crippen LogP contribution in [0.2, 0.25) is 0 Å². The predicted molar refractivity (Wildman–Crippen MR) is 65.7 cm³/mol. The molecule has 0 saturated heterocycles. The molecule has 0 fully saturated rings. The fourth-order valence-electron chi connectivity index (χ4n) is 1.85. The lowest BCUT2D eigenvalue weighted by Gasteiger charge is -2.08. The molecule has 1 aliphatic rings. The Morgan fingerprint density at radius 3 is 2.72 bits per heavy atom. The lowest BCUT2D eigenvalue weighted by molar-refractivity contribution is -0.115. The van der Waals surface area contributed by atoms with Gasteiger partial charge in [-0.25, -0.2) is 4.39 Å². The summed E-state index contributed by atoms with van der Waals surface area (Å²) >= 11 is 0. The monoisotopic (exact) mass is 248 g/mol. The first-order chi connectivity index (χ1) is 8.47. The molecule has 0 aromatic heterocycles. The third-order valence-electron chi connectivity index (χ3n) is 2.56. The number of amides is 1. The topological polar surface area (TPSA) is 49.4 Å². The van der Waals surface area contributed by atoms with E-state index in [0.717, 1.165) is 6.07 Å². The molecule has 18 heavy (non-hydrogen) atoms. The first-order valence-corrected chi connectivity index (χ1v) is 5.48. The number of carbonyl (C=O) groups excluding carboxylic acids is 2. The minimum atomic E-state index is -0.498. The van der Waals surface area contributed by atoms with Gasteiger partial charge < -0.3 is 10.2 Å². The molecule has 0 unspecified atom stereocenters. The molecule has 2 rings (SSSR count). The summed E-state index contributed by atoms with van der Waals surface area (Å²) in [6.45, 7) is 0. The zero-order valence-corrected chi connectivity index (χ0v) is 10.2. The second kappa shape index (κ2) is 4.60. The Kier molecular flexibility index (Phi) is 3.14. The number of Topliss-reactive ketones (excluding diaryl/α,β-unsaturated/α-hetero) is 1. The van der Waals surface area contributed by atoms with Crippen molar-refractivity contribution in [1.82, 2.24) is 4.90 Å². The summed E-state index contributed by atoms with van der Waals surface area (Å²) in [5.74, 6) is -1.10. The number of carbonyl (C=O) groups is 2. The molecule has 1 heterocycles. The molecule has 94 valence electrons. The smallest absolute Gasteiger partial charge is 0.229 e. The Balaban J connectivity index is 2.54. The molecular weight excluding hydrogens is 235 g/mol. The zero-order chi connectivity index (χ0) is 13.3. The standard InChI is InChI=1S/C13H13FN2O2/c1-16(2)7-8-5-12(17)15-11-4-3-9(14)6-10(11)13(8)18/h3-4,6-7H,5H2,1-2H3,(H,15,17)/b8-7+. The highest BCUT2D eigenvalue weighted by Crippen LogP contribution is 2.25. The van der Waals surface area contributed by atoms with Crippen molar-refractivity contribution in [3.05, 3.63) is 41.4 Å². The number of hydrogen-bond acceptors (Lipinski definition) is 3. The minimum Gasteiger partial charge on any atom is -0.383 e. The third-order valence-corrected chi connectivity index (χ3v) is 2.56. The Morgan fingerprint density at radius 2 is 2.06 bits per heavy atom. The number of nitrogens with zero attached hydrogens (tertiary/aromatic N) is 1. The lowest BCUT2D eigenvalue weighted by Crippen LogP contribution is -2.12. The Labute approximate surface area is 104 Å². The summed E-state index contributed by atoms with van der Waals surface area (Å²) < 4.78 is 13.2. The molecule has 0 spiro atoms. The van der Waals surface area contributed by atoms with Gasteiger partial charge in [0.05, 0.1) is 12.1 Å². The van der Waals surface area contributed by atoms with Gasteiger partial charge in [0.15, 0.2) is 5.78 Å². The quantitative estimate of drug-likeness (QED) is 0.771. The summed E-state index contributed by atoms with van der Waals surface area (Å²) in [4.78, 5) is 25.6. The first-order valence-electron chi connectivity index (χ1n) is 5.48. The number of fused-ring (bicyclic) bond motifs is 1. The number of nitrogens with one attached hydrogen (secondary N) is 1. The van der Waals surface area contributed by atoms with Crippen molar-refractivity contribution in [3.63, 3.8) is 0 Å². The van der Waals surface area contributed by atoms with Crippen LogP contribution in [0, 0.1) is 5.82 Å². The zero-order valence-electron chi connectivity index (χ0n) is 10.2. The van der Waals surface area contributed by atoms with Crippen LogP contribution >= 0.6 is 0 Å². The molecule has 1 aliphatic heterocycles. The number of hydrogen-bond donors (Lipinski definition) is 1. The highest BCUT2D eigenvalue weighted by atomic mass is 19.1. The molecule has 4 nitrogen and oxygen atoms in total. The van der Waals surface area contributed by atoms with Crippen LogP contribution in [0.25, 0.3) is 0 Å². The van der Waals surface area contributed by atoms with Gasteiger partial charge in [-0.2, -0.15) is 0 Å². The predicted octanol–water partition coefficient (Wildman–Crippen LogP) is 1.80. The van der Waals surface area contributed by atoms with E-state index >= 15 is 0 Å². The Bertz CT molecular complexity index is 550. The molecule has 0 bridgehead atoms. The lowest BCUT2D eigenvalue weighted by atomic mass is 10.0. The SMILES string of the molecule is CN(C)/C=C1\CC(=O)Nc2ccc(F)cc2C1=O. The summed E-state index contributed by atoms with van der Waals surface area (Å²) in [5.41, 5.74) is 0.893. The van der Waals surface area contributed by atoms with E-state index in [1.165, 1.54) is 12.1 Å². The maximum Gasteiger partial charge on any atom is 0.229 e. The Hall–Kier alpha value is -2.17. The largest absolute Gasteiger partial charge is 0.383 e. The van der Waals surface area contributed by atoms with E-state index in [-0.39, 0.29) is 23.7 Å². The summed E-state index contributed by atoms with van der Waals surface area (Å²) in [6, 6.07) is 3.76. The second-order valence-corrected chi connectivity index (χ2v) is 4.36. The molecule has 5 heteroatoms. The van der Waals surface area contributed by atoms with Gasteiger partial charge in [0, 0.05) is 31.4 Å². The van der Waals surface area contributed by atoms with Crippen molar-refractivity contribution in [3.8, 4) is 0 Å². The van der Waals surface area contributed by atoms with Crippen molar-refractivity contribution in [2.24, 2.45) is 0 Å². The van der Waals surface area contributed by atoms with Crippen LogP contribution in [0.3, 0.4) is 0 Å². The van der Waals surface area contributed by atoms with Crippen molar-refractivity contribution < 1.29 is 14.0 Å². The third kappa shape index (κ3) is 2.40. The van der Waals surface area contributed by atoms with Crippen LogP contribution in [-0.2, 0) is 4.79 Å². The summed E-state index contributed by atoms with van der Waals surface area (Å²) in [7, 11) is 3.52. The molecule has 1 N–H and O–H groups in total. The van der Waals surface area contributed by atoms with Crippen molar-refractivity contribution in [1.29, 1.82) is 0 Å². The van der Waals surface area contributed by atoms with Gasteiger partial charge >= 0.3 is 0 Å². The fourth-order valence-corrected chi connectivity index (χ4v) is 1.85. The number of halogens is 1. The minimum absolute atomic E-state index is 0.00663. The maximum absolute atomic E-state index is 13.2. The van der Waals surface area contributed by atoms with Crippen LogP contribution in [0.4, 0.5) is 10.1 Å². The summed E-state index contributed by atoms with van der Waals surface area (Å²) in [6.07, 6.45) is 1.58. The van der Waals surface area contributed by atoms with Gasteiger partial charge in [0.2, 0.25) is 5.91 Å². The van der Waals surface area contributed by atoms with Crippen LogP contribution in [-0.4, -0.2) is 30.7 Å². The number of benzene rings is 1. The van der Waals surface area contributed by atoms with Crippen molar-refractivity contribution >= 4 is 17.4 Å². The molecule has 1 aromatic carbocycles. The Morgan fingerprint density at radius 1 is 1.33 bits per heavy atom. The van der Waals surface area contributed by atoms with Gasteiger partial charge in [-0.15, -0.1) is 0 Å². The molecule has 0 saturated carbocycles. The maximum atomic E-state index is 13.2. The van der Waals surface area contributed by atoms with E-state index in [1.54, 1.807) is 25.2 Å². The number of rotatable bonds is 1. The fraction of sp³-hybridized carbons (Fsp3) is 0.231. The van der Waals surface area contributed by atoms with Crippen LogP contribution < -0.4 is 5.32 Å². The average Bonchev–Trinajstić information content (AvgIpc) is 2.38. The van der Waals surface area contributed by atoms with Crippen molar-refractivity contribution in [2.45, 2.75) is 6.42 Å². The second-order valence-electron chi connectivity index (χ2n) is 4.36. The van der Waals surface area contributed by atoms with Crippen molar-refractivity contribution in [2.75, 3.05) is 19.4 Å². The van der Waals surface area contributed by atoms with E-state index in [4.69, 9.17) is 0 Å². The van der Waals surface area contributed by atoms with Gasteiger partial charge in [-0.05, 0) is 18.2 Å². The van der Waals surface area contributed by atoms with E-state index in [2.05, 4.69) is 5.32 Å². The summed E-state index contributed by atoms with van der Waals surface area (Å²) in [5, 5.41) is 2.60. The normalized spacial score (nSPS) is 17.2. The first kappa shape index (κ1) is 12.3. The average molecular weight is 248 g/mol. The highest BCUT2D eigenvalue weighted by molar-refractivity contribution is 6.18. The van der Waals surface area contributed by atoms with E-state index < -0.39 is 5.82 Å². The van der Waals surface area contributed by atoms with Gasteiger partial charge in [-0.3, -0.25) is 9.59 Å².